The van der Waals surface area contributed by atoms with Crippen molar-refractivity contribution in [3.63, 3.8) is 0 Å². The molecule has 0 saturated carbocycles. The molecule has 0 unspecified atom stereocenters. The van der Waals surface area contributed by atoms with Crippen molar-refractivity contribution in [2.45, 2.75) is 40.7 Å². The molecule has 2 rings (SSSR count). The second-order valence-electron chi connectivity index (χ2n) is 6.04. The van der Waals surface area contributed by atoms with Crippen molar-refractivity contribution in [3.8, 4) is 0 Å². The fourth-order valence-corrected chi connectivity index (χ4v) is 2.48. The number of carbonyl (C=O) groups is 1. The molecule has 22 heavy (non-hydrogen) atoms. The third-order valence-corrected chi connectivity index (χ3v) is 3.64. The Morgan fingerprint density at radius 2 is 2.00 bits per heavy atom. The van der Waals surface area contributed by atoms with Gasteiger partial charge in [-0.1, -0.05) is 26.0 Å². The SMILES string of the molecule is Cc1nn(CC(C)C)c(C)c1CC(=O)Nc1ccccc1N. The first-order valence-corrected chi connectivity index (χ1v) is 7.55. The quantitative estimate of drug-likeness (QED) is 0.834. The lowest BCUT2D eigenvalue weighted by atomic mass is 10.1. The van der Waals surface area contributed by atoms with Crippen molar-refractivity contribution in [1.29, 1.82) is 0 Å². The highest BCUT2D eigenvalue weighted by Gasteiger charge is 2.16. The van der Waals surface area contributed by atoms with E-state index in [1.54, 1.807) is 12.1 Å². The van der Waals surface area contributed by atoms with Crippen LogP contribution < -0.4 is 11.1 Å². The third-order valence-electron chi connectivity index (χ3n) is 3.64. The number of benzene rings is 1. The molecule has 0 spiro atoms. The normalized spacial score (nSPS) is 11.0. The molecule has 0 bridgehead atoms. The summed E-state index contributed by atoms with van der Waals surface area (Å²) in [5.74, 6) is 0.442. The van der Waals surface area contributed by atoms with Crippen molar-refractivity contribution in [3.05, 3.63) is 41.2 Å². The Morgan fingerprint density at radius 3 is 2.64 bits per heavy atom. The number of carbonyl (C=O) groups excluding carboxylic acids is 1. The van der Waals surface area contributed by atoms with Crippen LogP contribution in [-0.2, 0) is 17.8 Å². The predicted molar refractivity (Wildman–Crippen MR) is 89.7 cm³/mol. The third kappa shape index (κ3) is 3.67. The molecule has 0 saturated heterocycles. The van der Waals surface area contributed by atoms with Crippen LogP contribution in [-0.4, -0.2) is 15.7 Å². The van der Waals surface area contributed by atoms with Gasteiger partial charge in [0, 0.05) is 17.8 Å². The van der Waals surface area contributed by atoms with Gasteiger partial charge in [0.25, 0.3) is 0 Å². The van der Waals surface area contributed by atoms with Gasteiger partial charge in [-0.3, -0.25) is 9.48 Å². The molecule has 0 aliphatic rings. The lowest BCUT2D eigenvalue weighted by Gasteiger charge is -2.09. The average Bonchev–Trinajstić information content (AvgIpc) is 2.68. The molecule has 0 radical (unpaired) electrons. The van der Waals surface area contributed by atoms with Crippen LogP contribution >= 0.6 is 0 Å². The van der Waals surface area contributed by atoms with E-state index in [1.165, 1.54) is 0 Å². The number of nitrogens with one attached hydrogen (secondary N) is 1. The van der Waals surface area contributed by atoms with Crippen LogP contribution in [0.2, 0.25) is 0 Å². The molecule has 0 atom stereocenters. The number of hydrogen-bond donors (Lipinski definition) is 2. The number of anilines is 2. The number of nitrogens with zero attached hydrogens (tertiary/aromatic N) is 2. The minimum Gasteiger partial charge on any atom is -0.397 e. The summed E-state index contributed by atoms with van der Waals surface area (Å²) in [7, 11) is 0. The van der Waals surface area contributed by atoms with E-state index in [-0.39, 0.29) is 5.91 Å². The van der Waals surface area contributed by atoms with Crippen LogP contribution in [0, 0.1) is 19.8 Å². The highest BCUT2D eigenvalue weighted by Crippen LogP contribution is 2.19. The van der Waals surface area contributed by atoms with Crippen LogP contribution in [0.4, 0.5) is 11.4 Å². The second kappa shape index (κ2) is 6.64. The van der Waals surface area contributed by atoms with Crippen molar-refractivity contribution >= 4 is 17.3 Å². The zero-order chi connectivity index (χ0) is 16.3. The molecule has 1 amide bonds. The fraction of sp³-hybridized carbons (Fsp3) is 0.412. The molecule has 0 fully saturated rings. The Balaban J connectivity index is 2.12. The Hall–Kier alpha value is -2.30. The van der Waals surface area contributed by atoms with Gasteiger partial charge in [0.15, 0.2) is 0 Å². The van der Waals surface area contributed by atoms with Gasteiger partial charge in [0.2, 0.25) is 5.91 Å². The van der Waals surface area contributed by atoms with E-state index in [1.807, 2.05) is 30.7 Å². The first-order valence-electron chi connectivity index (χ1n) is 7.55. The highest BCUT2D eigenvalue weighted by molar-refractivity contribution is 5.95. The Bertz CT molecular complexity index is 673. The van der Waals surface area contributed by atoms with Gasteiger partial charge in [-0.05, 0) is 31.9 Å². The smallest absolute Gasteiger partial charge is 0.228 e. The van der Waals surface area contributed by atoms with Crippen molar-refractivity contribution in [2.75, 3.05) is 11.1 Å². The Morgan fingerprint density at radius 1 is 1.32 bits per heavy atom. The topological polar surface area (TPSA) is 72.9 Å². The molecule has 1 heterocycles. The number of aromatic nitrogens is 2. The summed E-state index contributed by atoms with van der Waals surface area (Å²) in [6.07, 6.45) is 0.310. The highest BCUT2D eigenvalue weighted by atomic mass is 16.1. The lowest BCUT2D eigenvalue weighted by molar-refractivity contribution is -0.115. The number of hydrogen-bond acceptors (Lipinski definition) is 3. The van der Waals surface area contributed by atoms with Gasteiger partial charge in [0.1, 0.15) is 0 Å². The standard InChI is InChI=1S/C17H24N4O/c1-11(2)10-21-13(4)14(12(3)20-21)9-17(22)19-16-8-6-5-7-15(16)18/h5-8,11H,9-10,18H2,1-4H3,(H,19,22). The van der Waals surface area contributed by atoms with E-state index in [2.05, 4.69) is 24.3 Å². The molecule has 0 aliphatic carbocycles. The lowest BCUT2D eigenvalue weighted by Crippen LogP contribution is -2.16. The molecule has 5 heteroatoms. The number of aryl methyl sites for hydroxylation is 1. The largest absolute Gasteiger partial charge is 0.397 e. The van der Waals surface area contributed by atoms with Crippen LogP contribution in [0.5, 0.6) is 0 Å². The maximum atomic E-state index is 12.3. The summed E-state index contributed by atoms with van der Waals surface area (Å²) in [4.78, 5) is 12.3. The summed E-state index contributed by atoms with van der Waals surface area (Å²) in [5.41, 5.74) is 10.0. The number of nitrogen functional groups attached to an aromatic ring is 1. The van der Waals surface area contributed by atoms with E-state index in [9.17, 15) is 4.79 Å². The van der Waals surface area contributed by atoms with Gasteiger partial charge in [-0.15, -0.1) is 0 Å². The number of para-hydroxylation sites is 2. The van der Waals surface area contributed by atoms with E-state index < -0.39 is 0 Å². The summed E-state index contributed by atoms with van der Waals surface area (Å²) >= 11 is 0. The van der Waals surface area contributed by atoms with Crippen molar-refractivity contribution < 1.29 is 4.79 Å². The molecular weight excluding hydrogens is 276 g/mol. The molecular formula is C17H24N4O. The van der Waals surface area contributed by atoms with Gasteiger partial charge in [0.05, 0.1) is 23.5 Å². The van der Waals surface area contributed by atoms with E-state index in [0.717, 1.165) is 23.5 Å². The first-order chi connectivity index (χ1) is 10.4. The monoisotopic (exact) mass is 300 g/mol. The number of rotatable bonds is 5. The summed E-state index contributed by atoms with van der Waals surface area (Å²) in [5, 5.41) is 7.40. The summed E-state index contributed by atoms with van der Waals surface area (Å²) in [6.45, 7) is 9.13. The minimum absolute atomic E-state index is 0.0757. The van der Waals surface area contributed by atoms with Crippen molar-refractivity contribution in [2.24, 2.45) is 5.92 Å². The molecule has 5 nitrogen and oxygen atoms in total. The molecule has 118 valence electrons. The number of amides is 1. The molecule has 1 aromatic heterocycles. The second-order valence-corrected chi connectivity index (χ2v) is 6.04. The summed E-state index contributed by atoms with van der Waals surface area (Å²) < 4.78 is 1.99. The average molecular weight is 300 g/mol. The maximum absolute atomic E-state index is 12.3. The Kier molecular flexibility index (Phi) is 4.85. The van der Waals surface area contributed by atoms with E-state index >= 15 is 0 Å². The molecule has 2 aromatic rings. The van der Waals surface area contributed by atoms with E-state index in [0.29, 0.717) is 23.7 Å². The van der Waals surface area contributed by atoms with E-state index in [4.69, 9.17) is 5.73 Å². The van der Waals surface area contributed by atoms with Gasteiger partial charge < -0.3 is 11.1 Å². The van der Waals surface area contributed by atoms with Gasteiger partial charge in [-0.2, -0.15) is 5.10 Å². The van der Waals surface area contributed by atoms with Crippen LogP contribution in [0.25, 0.3) is 0 Å². The van der Waals surface area contributed by atoms with Crippen LogP contribution in [0.3, 0.4) is 0 Å². The van der Waals surface area contributed by atoms with Crippen LogP contribution in [0.1, 0.15) is 30.8 Å². The molecule has 0 aliphatic heterocycles. The van der Waals surface area contributed by atoms with Gasteiger partial charge >= 0.3 is 0 Å². The number of nitrogens with two attached hydrogens (primary N) is 1. The van der Waals surface area contributed by atoms with Crippen molar-refractivity contribution in [1.82, 2.24) is 9.78 Å². The van der Waals surface area contributed by atoms with Gasteiger partial charge in [-0.25, -0.2) is 0 Å². The predicted octanol–water partition coefficient (Wildman–Crippen LogP) is 2.92. The Labute approximate surface area is 131 Å². The minimum atomic E-state index is -0.0757. The molecule has 3 N–H and O–H groups in total. The molecule has 1 aromatic carbocycles. The first kappa shape index (κ1) is 16.1. The zero-order valence-electron chi connectivity index (χ0n) is 13.7. The summed E-state index contributed by atoms with van der Waals surface area (Å²) in [6, 6.07) is 7.26. The van der Waals surface area contributed by atoms with Crippen LogP contribution in [0.15, 0.2) is 24.3 Å². The maximum Gasteiger partial charge on any atom is 0.228 e. The fourth-order valence-electron chi connectivity index (χ4n) is 2.48. The zero-order valence-corrected chi connectivity index (χ0v) is 13.7.